The fourth-order valence-electron chi connectivity index (χ4n) is 0.914. The molecule has 0 aliphatic heterocycles. The van der Waals surface area contributed by atoms with Gasteiger partial charge in [0.15, 0.2) is 5.58 Å². The Kier molecular flexibility index (Phi) is 2.31. The van der Waals surface area contributed by atoms with Crippen molar-refractivity contribution in [3.63, 3.8) is 0 Å². The van der Waals surface area contributed by atoms with Crippen molar-refractivity contribution in [2.75, 3.05) is 0 Å². The molecule has 12 heavy (non-hydrogen) atoms. The third kappa shape index (κ3) is 1.36. The lowest BCUT2D eigenvalue weighted by atomic mass is 10.4. The normalized spacial score (nSPS) is 10.9. The van der Waals surface area contributed by atoms with Crippen LogP contribution in [0.5, 0.6) is 0 Å². The first-order valence-corrected chi connectivity index (χ1v) is 5.32. The molecule has 0 bridgehead atoms. The maximum Gasteiger partial charge on any atom is 0.166 e. The molecule has 2 aromatic heterocycles. The maximum absolute atomic E-state index is 5.77. The van der Waals surface area contributed by atoms with Gasteiger partial charge in [-0.2, -0.15) is 0 Å². The summed E-state index contributed by atoms with van der Waals surface area (Å²) in [7, 11) is 0. The minimum absolute atomic E-state index is 0.481. The largest absolute Gasteiger partial charge is 0.460 e. The van der Waals surface area contributed by atoms with Crippen LogP contribution >= 0.6 is 50.1 Å². The molecular formula is C7H2BrClINO. The van der Waals surface area contributed by atoms with Crippen LogP contribution < -0.4 is 0 Å². The molecule has 0 aliphatic carbocycles. The van der Waals surface area contributed by atoms with Crippen molar-refractivity contribution < 1.29 is 4.42 Å². The van der Waals surface area contributed by atoms with E-state index in [0.717, 1.165) is 19.1 Å². The van der Waals surface area contributed by atoms with Crippen molar-refractivity contribution >= 4 is 61.2 Å². The second-order valence-electron chi connectivity index (χ2n) is 2.19. The predicted molar refractivity (Wildman–Crippen MR) is 59.4 cm³/mol. The molecule has 62 valence electrons. The average molecular weight is 358 g/mol. The van der Waals surface area contributed by atoms with Crippen LogP contribution in [0.2, 0.25) is 5.15 Å². The Morgan fingerprint density at radius 1 is 1.58 bits per heavy atom. The first-order valence-electron chi connectivity index (χ1n) is 3.07. The molecule has 0 unspecified atom stereocenters. The van der Waals surface area contributed by atoms with Gasteiger partial charge in [0.05, 0.1) is 8.04 Å². The molecule has 2 rings (SSSR count). The summed E-state index contributed by atoms with van der Waals surface area (Å²) in [4.78, 5) is 4.12. The predicted octanol–water partition coefficient (Wildman–Crippen LogP) is 3.85. The van der Waals surface area contributed by atoms with Crippen LogP contribution in [0.25, 0.3) is 11.1 Å². The molecule has 0 amide bonds. The zero-order chi connectivity index (χ0) is 8.72. The van der Waals surface area contributed by atoms with Gasteiger partial charge in [-0.15, -0.1) is 0 Å². The van der Waals surface area contributed by atoms with Crippen molar-refractivity contribution in [3.8, 4) is 0 Å². The monoisotopic (exact) mass is 357 g/mol. The van der Waals surface area contributed by atoms with Crippen LogP contribution in [0.3, 0.4) is 0 Å². The highest BCUT2D eigenvalue weighted by Crippen LogP contribution is 2.29. The van der Waals surface area contributed by atoms with Crippen LogP contribution in [-0.4, -0.2) is 4.98 Å². The average Bonchev–Trinajstić information content (AvgIpc) is 2.33. The molecular weight excluding hydrogens is 356 g/mol. The van der Waals surface area contributed by atoms with Gasteiger partial charge in [0.2, 0.25) is 0 Å². The molecule has 0 atom stereocenters. The van der Waals surface area contributed by atoms with Gasteiger partial charge < -0.3 is 4.42 Å². The van der Waals surface area contributed by atoms with Gasteiger partial charge in [-0.25, -0.2) is 4.98 Å². The number of nitrogens with zero attached hydrogens (tertiary/aromatic N) is 1. The Balaban J connectivity index is 2.92. The summed E-state index contributed by atoms with van der Waals surface area (Å²) in [5.74, 6) is 0. The summed E-state index contributed by atoms with van der Waals surface area (Å²) in [6.07, 6.45) is 1.61. The SMILES string of the molecule is Clc1cc(I)c2occ(Br)c2n1. The van der Waals surface area contributed by atoms with Gasteiger partial charge in [-0.1, -0.05) is 11.6 Å². The summed E-state index contributed by atoms with van der Waals surface area (Å²) >= 11 is 11.2. The van der Waals surface area contributed by atoms with Crippen LogP contribution in [0.4, 0.5) is 0 Å². The van der Waals surface area contributed by atoms with Gasteiger partial charge in [-0.3, -0.25) is 0 Å². The molecule has 2 aromatic rings. The Labute approximate surface area is 95.6 Å². The highest BCUT2D eigenvalue weighted by atomic mass is 127. The van der Waals surface area contributed by atoms with Crippen LogP contribution in [0, 0.1) is 3.57 Å². The van der Waals surface area contributed by atoms with E-state index in [4.69, 9.17) is 16.0 Å². The molecule has 0 aliphatic rings. The minimum atomic E-state index is 0.481. The van der Waals surface area contributed by atoms with Crippen molar-refractivity contribution in [1.82, 2.24) is 4.98 Å². The maximum atomic E-state index is 5.77. The Hall–Kier alpha value is 0.190. The number of fused-ring (bicyclic) bond motifs is 1. The molecule has 0 N–H and O–H groups in total. The number of hydrogen-bond donors (Lipinski definition) is 0. The molecule has 0 saturated heterocycles. The first kappa shape index (κ1) is 8.77. The lowest BCUT2D eigenvalue weighted by Gasteiger charge is -1.93. The van der Waals surface area contributed by atoms with Gasteiger partial charge >= 0.3 is 0 Å². The van der Waals surface area contributed by atoms with E-state index in [0.29, 0.717) is 5.15 Å². The molecule has 0 saturated carbocycles. The lowest BCUT2D eigenvalue weighted by molar-refractivity contribution is 0.611. The fourth-order valence-corrected chi connectivity index (χ4v) is 2.33. The van der Waals surface area contributed by atoms with E-state index in [2.05, 4.69) is 43.5 Å². The van der Waals surface area contributed by atoms with Gasteiger partial charge in [-0.05, 0) is 44.6 Å². The van der Waals surface area contributed by atoms with E-state index < -0.39 is 0 Å². The number of aromatic nitrogens is 1. The van der Waals surface area contributed by atoms with Gasteiger partial charge in [0.1, 0.15) is 16.9 Å². The number of furan rings is 1. The summed E-state index contributed by atoms with van der Waals surface area (Å²) in [5.41, 5.74) is 1.54. The van der Waals surface area contributed by atoms with Crippen molar-refractivity contribution in [1.29, 1.82) is 0 Å². The Morgan fingerprint density at radius 3 is 3.08 bits per heavy atom. The second kappa shape index (κ2) is 3.16. The van der Waals surface area contributed by atoms with E-state index in [1.54, 1.807) is 12.3 Å². The molecule has 5 heteroatoms. The highest BCUT2D eigenvalue weighted by Gasteiger charge is 2.09. The van der Waals surface area contributed by atoms with Crippen LogP contribution in [0.15, 0.2) is 21.2 Å². The number of rotatable bonds is 0. The van der Waals surface area contributed by atoms with E-state index in [9.17, 15) is 0 Å². The molecule has 0 spiro atoms. The number of pyridine rings is 1. The Bertz CT molecular complexity index is 442. The minimum Gasteiger partial charge on any atom is -0.460 e. The smallest absolute Gasteiger partial charge is 0.166 e. The molecule has 0 radical (unpaired) electrons. The number of halogens is 3. The van der Waals surface area contributed by atoms with Crippen LogP contribution in [0.1, 0.15) is 0 Å². The first-order chi connectivity index (χ1) is 5.68. The van der Waals surface area contributed by atoms with E-state index in [1.165, 1.54) is 0 Å². The van der Waals surface area contributed by atoms with Crippen molar-refractivity contribution in [3.05, 3.63) is 25.5 Å². The quantitative estimate of drug-likeness (QED) is 0.528. The number of hydrogen-bond acceptors (Lipinski definition) is 2. The summed E-state index contributed by atoms with van der Waals surface area (Å²) in [6.45, 7) is 0. The van der Waals surface area contributed by atoms with E-state index >= 15 is 0 Å². The highest BCUT2D eigenvalue weighted by molar-refractivity contribution is 14.1. The summed E-state index contributed by atoms with van der Waals surface area (Å²) < 4.78 is 7.06. The lowest BCUT2D eigenvalue weighted by Crippen LogP contribution is -1.79. The zero-order valence-corrected chi connectivity index (χ0v) is 10.1. The van der Waals surface area contributed by atoms with E-state index in [1.807, 2.05) is 0 Å². The third-order valence-electron chi connectivity index (χ3n) is 1.40. The summed E-state index contributed by atoms with van der Waals surface area (Å²) in [6, 6.07) is 1.76. The van der Waals surface area contributed by atoms with Crippen molar-refractivity contribution in [2.24, 2.45) is 0 Å². The molecule has 0 aromatic carbocycles. The molecule has 2 nitrogen and oxygen atoms in total. The van der Waals surface area contributed by atoms with Crippen LogP contribution in [-0.2, 0) is 0 Å². The Morgan fingerprint density at radius 2 is 2.33 bits per heavy atom. The summed E-state index contributed by atoms with van der Waals surface area (Å²) in [5, 5.41) is 0.481. The fraction of sp³-hybridized carbons (Fsp3) is 0. The topological polar surface area (TPSA) is 26.0 Å². The zero-order valence-electron chi connectivity index (χ0n) is 5.64. The van der Waals surface area contributed by atoms with E-state index in [-0.39, 0.29) is 0 Å². The van der Waals surface area contributed by atoms with Crippen molar-refractivity contribution in [2.45, 2.75) is 0 Å². The second-order valence-corrected chi connectivity index (χ2v) is 4.59. The van der Waals surface area contributed by atoms with Gasteiger partial charge in [0.25, 0.3) is 0 Å². The third-order valence-corrected chi connectivity index (χ3v) is 2.96. The van der Waals surface area contributed by atoms with Gasteiger partial charge in [0, 0.05) is 0 Å². The molecule has 0 fully saturated rings. The molecule has 2 heterocycles. The standard InChI is InChI=1S/C7H2BrClINO/c8-3-2-12-7-4(10)1-5(9)11-6(3)7/h1-2H.